The van der Waals surface area contributed by atoms with Gasteiger partial charge in [-0.1, -0.05) is 17.3 Å². The summed E-state index contributed by atoms with van der Waals surface area (Å²) in [6, 6.07) is 7.13. The average Bonchev–Trinajstić information content (AvgIpc) is 3.53. The summed E-state index contributed by atoms with van der Waals surface area (Å²) in [6.07, 6.45) is -1.31. The lowest BCUT2D eigenvalue weighted by Crippen LogP contribution is -2.68. The van der Waals surface area contributed by atoms with Crippen LogP contribution < -0.4 is 20.9 Å². The largest absolute Gasteiger partial charge is 0.489 e. The maximum atomic E-state index is 13.4. The van der Waals surface area contributed by atoms with Gasteiger partial charge in [-0.3, -0.25) is 14.1 Å². The number of aromatic nitrogens is 3. The first kappa shape index (κ1) is 36.4. The molecule has 2 atom stereocenters. The molecule has 1 aliphatic heterocycles. The third kappa shape index (κ3) is 7.81. The second kappa shape index (κ2) is 14.4. The fourth-order valence-electron chi connectivity index (χ4n) is 5.37. The molecule has 1 aromatic carbocycles. The zero-order chi connectivity index (χ0) is 35.6. The van der Waals surface area contributed by atoms with E-state index in [-0.39, 0.29) is 10.8 Å². The number of hydrogen-bond acceptors (Lipinski definition) is 13. The van der Waals surface area contributed by atoms with Crippen molar-refractivity contribution in [2.75, 3.05) is 18.9 Å². The van der Waals surface area contributed by atoms with E-state index in [0.717, 1.165) is 46.8 Å². The number of thiazole rings is 1. The fraction of sp³-hybridized carbons (Fsp3) is 0.448. The lowest BCUT2D eigenvalue weighted by atomic mass is 9.74. The van der Waals surface area contributed by atoms with E-state index in [4.69, 9.17) is 25.6 Å². The number of ketones is 1. The van der Waals surface area contributed by atoms with Gasteiger partial charge in [0.05, 0.1) is 29.3 Å². The number of anilines is 1. The number of amides is 1. The number of β-lactam (4-membered cyclic amide) rings is 1. The standard InChI is InChI=1S/C29H37N7O10S2/c1-16-24(17(2)35(34(16)5)12-6-11-30)18-7-9-19(10-8-18)44-14-23(27(39)40)45-33-25(21-15-47-28(31)32-21)22(37)13-20-26(38)36(29(20,3)4)46-48(41,42)43/h7-10,15,20,23H,6,11-14,30H2,1-5H3,(H3-,31,32,39,40,41,42,43)/p+1/b33-25-/t20-,23+/m1/s1. The number of carboxylic acids is 1. The van der Waals surface area contributed by atoms with Gasteiger partial charge in [0.15, 0.2) is 23.7 Å². The van der Waals surface area contributed by atoms with Gasteiger partial charge in [-0.25, -0.2) is 9.78 Å². The molecule has 1 amide bonds. The molecule has 19 heteroatoms. The van der Waals surface area contributed by atoms with Gasteiger partial charge < -0.3 is 26.1 Å². The third-order valence-corrected chi connectivity index (χ3v) is 9.10. The van der Waals surface area contributed by atoms with Crippen molar-refractivity contribution in [3.05, 3.63) is 46.7 Å². The Kier molecular flexibility index (Phi) is 10.9. The van der Waals surface area contributed by atoms with Crippen LogP contribution in [0.15, 0.2) is 34.8 Å². The number of rotatable bonds is 16. The Hall–Kier alpha value is -4.43. The highest BCUT2D eigenvalue weighted by molar-refractivity contribution is 7.80. The van der Waals surface area contributed by atoms with Crippen LogP contribution in [0.25, 0.3) is 11.1 Å². The van der Waals surface area contributed by atoms with Crippen molar-refractivity contribution in [2.45, 2.75) is 58.7 Å². The summed E-state index contributed by atoms with van der Waals surface area (Å²) in [5.74, 6) is -3.78. The molecule has 48 heavy (non-hydrogen) atoms. The molecular weight excluding hydrogens is 670 g/mol. The molecule has 4 rings (SSSR count). The monoisotopic (exact) mass is 708 g/mol. The number of carboxylic acid groups (broad SMARTS) is 1. The normalized spacial score (nSPS) is 16.8. The van der Waals surface area contributed by atoms with Gasteiger partial charge in [0.1, 0.15) is 18.1 Å². The van der Waals surface area contributed by atoms with Gasteiger partial charge in [-0.15, -0.1) is 20.3 Å². The molecule has 1 aliphatic rings. The van der Waals surface area contributed by atoms with E-state index >= 15 is 0 Å². The van der Waals surface area contributed by atoms with Crippen LogP contribution >= 0.6 is 11.3 Å². The Morgan fingerprint density at radius 3 is 2.44 bits per heavy atom. The van der Waals surface area contributed by atoms with Gasteiger partial charge >= 0.3 is 16.4 Å². The summed E-state index contributed by atoms with van der Waals surface area (Å²) in [7, 11) is -3.00. The number of hydroxylamine groups is 2. The molecule has 260 valence electrons. The second-order valence-electron chi connectivity index (χ2n) is 11.6. The zero-order valence-electron chi connectivity index (χ0n) is 26.9. The van der Waals surface area contributed by atoms with E-state index in [0.29, 0.717) is 17.4 Å². The van der Waals surface area contributed by atoms with Gasteiger partial charge in [0, 0.05) is 18.7 Å². The molecule has 0 bridgehead atoms. The number of carbonyl (C=O) groups is 3. The highest BCUT2D eigenvalue weighted by atomic mass is 32.3. The molecule has 6 N–H and O–H groups in total. The minimum absolute atomic E-state index is 0.0189. The van der Waals surface area contributed by atoms with Gasteiger partial charge in [-0.2, -0.15) is 18.2 Å². The predicted molar refractivity (Wildman–Crippen MR) is 172 cm³/mol. The molecule has 0 aliphatic carbocycles. The first-order valence-electron chi connectivity index (χ1n) is 14.7. The average molecular weight is 709 g/mol. The molecule has 3 aromatic rings. The molecule has 17 nitrogen and oxygen atoms in total. The Morgan fingerprint density at radius 2 is 1.90 bits per heavy atom. The number of nitrogens with zero attached hydrogens (tertiary/aromatic N) is 5. The summed E-state index contributed by atoms with van der Waals surface area (Å²) in [5, 5.41) is 15.5. The molecule has 0 radical (unpaired) electrons. The van der Waals surface area contributed by atoms with Crippen molar-refractivity contribution in [1.29, 1.82) is 0 Å². The lowest BCUT2D eigenvalue weighted by Gasteiger charge is -2.50. The van der Waals surface area contributed by atoms with E-state index in [1.54, 1.807) is 12.1 Å². The van der Waals surface area contributed by atoms with Gasteiger partial charge in [0.2, 0.25) is 5.69 Å². The number of hydrogen-bond donors (Lipinski definition) is 4. The number of ether oxygens (including phenoxy) is 1. The number of carbonyl (C=O) groups excluding carboxylic acids is 2. The number of nitrogens with two attached hydrogens (primary N) is 2. The van der Waals surface area contributed by atoms with E-state index < -0.39 is 64.4 Å². The Bertz CT molecular complexity index is 1830. The molecule has 0 unspecified atom stereocenters. The van der Waals surface area contributed by atoms with Crippen molar-refractivity contribution < 1.29 is 51.0 Å². The van der Waals surface area contributed by atoms with Crippen molar-refractivity contribution in [3.63, 3.8) is 0 Å². The lowest BCUT2D eigenvalue weighted by molar-refractivity contribution is -0.759. The molecule has 1 fully saturated rings. The second-order valence-corrected chi connectivity index (χ2v) is 13.5. The van der Waals surface area contributed by atoms with Crippen molar-refractivity contribution in [3.8, 4) is 16.9 Å². The van der Waals surface area contributed by atoms with Crippen LogP contribution in [0.4, 0.5) is 5.13 Å². The summed E-state index contributed by atoms with van der Waals surface area (Å²) in [5.41, 5.74) is 13.8. The van der Waals surface area contributed by atoms with E-state index in [1.807, 2.05) is 33.0 Å². The molecule has 0 spiro atoms. The molecule has 1 saturated heterocycles. The summed E-state index contributed by atoms with van der Waals surface area (Å²) < 4.78 is 45.5. The first-order chi connectivity index (χ1) is 22.5. The highest BCUT2D eigenvalue weighted by Crippen LogP contribution is 2.40. The van der Waals surface area contributed by atoms with Crippen LogP contribution in [-0.2, 0) is 47.5 Å². The van der Waals surface area contributed by atoms with E-state index in [1.165, 1.54) is 19.2 Å². The van der Waals surface area contributed by atoms with Crippen molar-refractivity contribution >= 4 is 50.2 Å². The summed E-state index contributed by atoms with van der Waals surface area (Å²) >= 11 is 0.990. The Labute approximate surface area is 280 Å². The van der Waals surface area contributed by atoms with Crippen LogP contribution in [0.2, 0.25) is 0 Å². The SMILES string of the molecule is Cc1c(-c2ccc(OC[C@H](O/N=C(\C(=O)C[C@@H]3C(=O)N(OS(=O)(=O)O)C3(C)C)c3csc(N)n3)C(=O)O)cc2)c(C)[n+](C)n1CCCN. The third-order valence-electron chi connectivity index (χ3n) is 8.08. The van der Waals surface area contributed by atoms with Crippen molar-refractivity contribution in [2.24, 2.45) is 23.9 Å². The number of oxime groups is 1. The number of aliphatic carboxylic acids is 1. The van der Waals surface area contributed by atoms with Gasteiger partial charge in [-0.05, 0) is 51.4 Å². The van der Waals surface area contributed by atoms with Crippen LogP contribution in [0.5, 0.6) is 5.75 Å². The molecular formula is C29H38N7O10S2+. The van der Waals surface area contributed by atoms with Gasteiger partial charge in [0.25, 0.3) is 12.0 Å². The van der Waals surface area contributed by atoms with Crippen LogP contribution in [0, 0.1) is 19.8 Å². The minimum Gasteiger partial charge on any atom is -0.489 e. The minimum atomic E-state index is -4.99. The summed E-state index contributed by atoms with van der Waals surface area (Å²) in [4.78, 5) is 47.3. The molecule has 2 aromatic heterocycles. The fourth-order valence-corrected chi connectivity index (χ4v) is 6.38. The summed E-state index contributed by atoms with van der Waals surface area (Å²) in [6.45, 7) is 7.81. The maximum Gasteiger partial charge on any atom is 0.418 e. The Morgan fingerprint density at radius 1 is 1.23 bits per heavy atom. The maximum absolute atomic E-state index is 13.4. The Balaban J connectivity index is 1.48. The number of benzene rings is 1. The van der Waals surface area contributed by atoms with E-state index in [2.05, 4.69) is 23.8 Å². The zero-order valence-corrected chi connectivity index (χ0v) is 28.6. The predicted octanol–water partition coefficient (Wildman–Crippen LogP) is 1.17. The molecule has 0 saturated carbocycles. The van der Waals surface area contributed by atoms with E-state index in [9.17, 15) is 27.9 Å². The number of nitrogen functional groups attached to an aromatic ring is 1. The van der Waals surface area contributed by atoms with Crippen LogP contribution in [0.3, 0.4) is 0 Å². The molecule has 3 heterocycles. The first-order valence-corrected chi connectivity index (χ1v) is 16.9. The number of Topliss-reactive ketones (excluding diaryl/α,β-unsaturated/α-hetero) is 1. The quantitative estimate of drug-likeness (QED) is 0.0538. The smallest absolute Gasteiger partial charge is 0.418 e. The highest BCUT2D eigenvalue weighted by Gasteiger charge is 2.57. The van der Waals surface area contributed by atoms with Crippen LogP contribution in [-0.4, -0.2) is 81.0 Å². The topological polar surface area (TPSA) is 243 Å². The van der Waals surface area contributed by atoms with Crippen LogP contribution in [0.1, 0.15) is 43.8 Å². The van der Waals surface area contributed by atoms with Crippen molar-refractivity contribution in [1.82, 2.24) is 14.7 Å².